The molecule has 0 saturated carbocycles. The highest BCUT2D eigenvalue weighted by Gasteiger charge is 2.09. The van der Waals surface area contributed by atoms with E-state index >= 15 is 0 Å². The molecule has 0 radical (unpaired) electrons. The number of nitrogens with zero attached hydrogens (tertiary/aromatic N) is 2. The zero-order valence-electron chi connectivity index (χ0n) is 14.1. The van der Waals surface area contributed by atoms with Crippen molar-refractivity contribution in [2.75, 3.05) is 12.4 Å². The van der Waals surface area contributed by atoms with Crippen molar-refractivity contribution in [3.63, 3.8) is 0 Å². The molecular formula is C19H17FN4O2. The number of carbonyl (C=O) groups excluding carboxylic acids is 1. The molecule has 1 heterocycles. The van der Waals surface area contributed by atoms with Gasteiger partial charge in [0, 0.05) is 6.54 Å². The lowest BCUT2D eigenvalue weighted by Gasteiger charge is -2.10. The number of hydrogen-bond acceptors (Lipinski definition) is 5. The topological polar surface area (TPSA) is 76.1 Å². The van der Waals surface area contributed by atoms with Gasteiger partial charge in [0.15, 0.2) is 11.5 Å². The van der Waals surface area contributed by atoms with Crippen molar-refractivity contribution in [1.82, 2.24) is 15.5 Å². The van der Waals surface area contributed by atoms with E-state index in [0.29, 0.717) is 11.6 Å². The summed E-state index contributed by atoms with van der Waals surface area (Å²) in [6.45, 7) is 0.280. The van der Waals surface area contributed by atoms with E-state index in [9.17, 15) is 9.18 Å². The molecule has 0 aliphatic carbocycles. The van der Waals surface area contributed by atoms with Gasteiger partial charge in [0.2, 0.25) is 0 Å². The molecule has 0 aliphatic rings. The van der Waals surface area contributed by atoms with Crippen molar-refractivity contribution in [3.05, 3.63) is 77.7 Å². The van der Waals surface area contributed by atoms with Crippen molar-refractivity contribution in [3.8, 4) is 5.75 Å². The van der Waals surface area contributed by atoms with Crippen LogP contribution in [0.4, 0.5) is 15.9 Å². The van der Waals surface area contributed by atoms with Gasteiger partial charge < -0.3 is 15.4 Å². The number of benzene rings is 2. The fraction of sp³-hybridized carbons (Fsp3) is 0.105. The van der Waals surface area contributed by atoms with Crippen molar-refractivity contribution >= 4 is 17.4 Å². The van der Waals surface area contributed by atoms with Crippen LogP contribution in [0.15, 0.2) is 60.7 Å². The summed E-state index contributed by atoms with van der Waals surface area (Å²) in [7, 11) is 1.58. The molecule has 132 valence electrons. The first-order valence-electron chi connectivity index (χ1n) is 7.92. The minimum Gasteiger partial charge on any atom is -0.495 e. The smallest absolute Gasteiger partial charge is 0.272 e. The van der Waals surface area contributed by atoms with Gasteiger partial charge in [-0.05, 0) is 42.0 Å². The largest absolute Gasteiger partial charge is 0.495 e. The number of anilines is 2. The van der Waals surface area contributed by atoms with Gasteiger partial charge in [0.05, 0.1) is 12.8 Å². The van der Waals surface area contributed by atoms with Crippen LogP contribution in [0.1, 0.15) is 16.1 Å². The number of methoxy groups -OCH3 is 1. The quantitative estimate of drug-likeness (QED) is 0.712. The third-order valence-corrected chi connectivity index (χ3v) is 3.63. The number of halogens is 1. The first-order chi connectivity index (χ1) is 12.7. The fourth-order valence-corrected chi connectivity index (χ4v) is 2.28. The molecule has 6 nitrogen and oxygen atoms in total. The van der Waals surface area contributed by atoms with E-state index in [1.165, 1.54) is 12.1 Å². The van der Waals surface area contributed by atoms with Crippen LogP contribution in [-0.4, -0.2) is 23.2 Å². The first-order valence-corrected chi connectivity index (χ1v) is 7.92. The second-order valence-corrected chi connectivity index (χ2v) is 5.44. The fourth-order valence-electron chi connectivity index (χ4n) is 2.28. The molecule has 0 atom stereocenters. The van der Waals surface area contributed by atoms with Crippen LogP contribution in [-0.2, 0) is 6.54 Å². The predicted octanol–water partition coefficient (Wildman–Crippen LogP) is 3.30. The van der Waals surface area contributed by atoms with Gasteiger partial charge in [-0.25, -0.2) is 4.39 Å². The Balaban J connectivity index is 1.61. The number of aromatic nitrogens is 2. The third-order valence-electron chi connectivity index (χ3n) is 3.63. The second kappa shape index (κ2) is 8.06. The lowest BCUT2D eigenvalue weighted by atomic mass is 10.2. The Hall–Kier alpha value is -3.48. The summed E-state index contributed by atoms with van der Waals surface area (Å²) in [4.78, 5) is 12.1. The molecule has 0 bridgehead atoms. The standard InChI is InChI=1S/C19H17FN4O2/c1-26-17-5-3-2-4-15(17)22-18-11-10-16(23-24-18)19(25)21-12-13-6-8-14(20)9-7-13/h2-11H,12H2,1H3,(H,21,25)(H,22,24). The van der Waals surface area contributed by atoms with E-state index < -0.39 is 0 Å². The van der Waals surface area contributed by atoms with Crippen LogP contribution in [0.25, 0.3) is 0 Å². The Bertz CT molecular complexity index is 883. The Morgan fingerprint density at radius 1 is 1.04 bits per heavy atom. The molecule has 3 rings (SSSR count). The summed E-state index contributed by atoms with van der Waals surface area (Å²) in [6, 6.07) is 16.6. The second-order valence-electron chi connectivity index (χ2n) is 5.44. The Labute approximate surface area is 150 Å². The van der Waals surface area contributed by atoms with Gasteiger partial charge >= 0.3 is 0 Å². The normalized spacial score (nSPS) is 10.2. The van der Waals surface area contributed by atoms with Crippen LogP contribution in [0.2, 0.25) is 0 Å². The zero-order chi connectivity index (χ0) is 18.4. The Morgan fingerprint density at radius 3 is 2.50 bits per heavy atom. The summed E-state index contributed by atoms with van der Waals surface area (Å²) in [5.41, 5.74) is 1.73. The Kier molecular flexibility index (Phi) is 5.38. The molecule has 0 aliphatic heterocycles. The number of para-hydroxylation sites is 2. The number of nitrogens with one attached hydrogen (secondary N) is 2. The van der Waals surface area contributed by atoms with Crippen LogP contribution >= 0.6 is 0 Å². The van der Waals surface area contributed by atoms with E-state index in [2.05, 4.69) is 20.8 Å². The first kappa shape index (κ1) is 17.3. The average Bonchev–Trinajstić information content (AvgIpc) is 2.68. The van der Waals surface area contributed by atoms with Gasteiger partial charge in [-0.3, -0.25) is 4.79 Å². The molecular weight excluding hydrogens is 335 g/mol. The number of rotatable bonds is 6. The van der Waals surface area contributed by atoms with Crippen molar-refractivity contribution in [2.24, 2.45) is 0 Å². The lowest BCUT2D eigenvalue weighted by molar-refractivity contribution is 0.0945. The van der Waals surface area contributed by atoms with Gasteiger partial charge in [0.25, 0.3) is 5.91 Å². The van der Waals surface area contributed by atoms with Crippen LogP contribution in [0.5, 0.6) is 5.75 Å². The van der Waals surface area contributed by atoms with Gasteiger partial charge in [-0.15, -0.1) is 10.2 Å². The minimum absolute atomic E-state index is 0.192. The summed E-state index contributed by atoms with van der Waals surface area (Å²) in [6.07, 6.45) is 0. The highest BCUT2D eigenvalue weighted by molar-refractivity contribution is 5.92. The minimum atomic E-state index is -0.356. The maximum Gasteiger partial charge on any atom is 0.272 e. The number of ether oxygens (including phenoxy) is 1. The van der Waals surface area contributed by atoms with Crippen molar-refractivity contribution in [2.45, 2.75) is 6.54 Å². The van der Waals surface area contributed by atoms with Crippen molar-refractivity contribution < 1.29 is 13.9 Å². The lowest BCUT2D eigenvalue weighted by Crippen LogP contribution is -2.24. The Morgan fingerprint density at radius 2 is 1.81 bits per heavy atom. The monoisotopic (exact) mass is 352 g/mol. The molecule has 7 heteroatoms. The molecule has 2 N–H and O–H groups in total. The highest BCUT2D eigenvalue weighted by Crippen LogP contribution is 2.25. The van der Waals surface area contributed by atoms with E-state index in [1.54, 1.807) is 31.4 Å². The van der Waals surface area contributed by atoms with Crippen LogP contribution < -0.4 is 15.4 Å². The molecule has 26 heavy (non-hydrogen) atoms. The number of amides is 1. The van der Waals surface area contributed by atoms with E-state index in [0.717, 1.165) is 11.3 Å². The van der Waals surface area contributed by atoms with Crippen molar-refractivity contribution in [1.29, 1.82) is 0 Å². The van der Waals surface area contributed by atoms with E-state index in [1.807, 2.05) is 24.3 Å². The van der Waals surface area contributed by atoms with Crippen LogP contribution in [0.3, 0.4) is 0 Å². The molecule has 0 unspecified atom stereocenters. The third kappa shape index (κ3) is 4.32. The SMILES string of the molecule is COc1ccccc1Nc1ccc(C(=O)NCc2ccc(F)cc2)nn1. The van der Waals surface area contributed by atoms with E-state index in [4.69, 9.17) is 4.74 Å². The van der Waals surface area contributed by atoms with Crippen LogP contribution in [0, 0.1) is 5.82 Å². The molecule has 0 saturated heterocycles. The number of hydrogen-bond donors (Lipinski definition) is 2. The molecule has 3 aromatic rings. The summed E-state index contributed by atoms with van der Waals surface area (Å²) < 4.78 is 18.1. The summed E-state index contributed by atoms with van der Waals surface area (Å²) in [5, 5.41) is 13.7. The summed E-state index contributed by atoms with van der Waals surface area (Å²) >= 11 is 0. The van der Waals surface area contributed by atoms with E-state index in [-0.39, 0.29) is 24.0 Å². The molecule has 1 aromatic heterocycles. The molecule has 2 aromatic carbocycles. The maximum atomic E-state index is 12.9. The molecule has 1 amide bonds. The van der Waals surface area contributed by atoms with Gasteiger partial charge in [0.1, 0.15) is 11.6 Å². The summed E-state index contributed by atoms with van der Waals surface area (Å²) in [5.74, 6) is 0.495. The molecule has 0 fully saturated rings. The van der Waals surface area contributed by atoms with Gasteiger partial charge in [-0.1, -0.05) is 24.3 Å². The predicted molar refractivity (Wildman–Crippen MR) is 95.9 cm³/mol. The molecule has 0 spiro atoms. The maximum absolute atomic E-state index is 12.9. The number of carbonyl (C=O) groups is 1. The average molecular weight is 352 g/mol. The van der Waals surface area contributed by atoms with Gasteiger partial charge in [-0.2, -0.15) is 0 Å². The zero-order valence-corrected chi connectivity index (χ0v) is 14.1. The highest BCUT2D eigenvalue weighted by atomic mass is 19.1.